The lowest BCUT2D eigenvalue weighted by atomic mass is 10.1. The van der Waals surface area contributed by atoms with Gasteiger partial charge in [-0.3, -0.25) is 4.90 Å². The minimum Gasteiger partial charge on any atom is -0.326 e. The van der Waals surface area contributed by atoms with Gasteiger partial charge in [0.05, 0.1) is 0 Å². The first-order valence-electron chi connectivity index (χ1n) is 5.50. The molecule has 0 amide bonds. The third-order valence-electron chi connectivity index (χ3n) is 3.01. The Balaban J connectivity index is 2.15. The van der Waals surface area contributed by atoms with E-state index in [-0.39, 0.29) is 12.4 Å². The zero-order valence-electron chi connectivity index (χ0n) is 8.88. The van der Waals surface area contributed by atoms with Crippen LogP contribution in [0.15, 0.2) is 18.2 Å². The van der Waals surface area contributed by atoms with Gasteiger partial charge in [0.25, 0.3) is 0 Å². The van der Waals surface area contributed by atoms with Crippen LogP contribution in [0.1, 0.15) is 24.0 Å². The van der Waals surface area contributed by atoms with Gasteiger partial charge in [0.1, 0.15) is 5.82 Å². The minimum atomic E-state index is -0.172. The first-order valence-corrected chi connectivity index (χ1v) is 5.50. The van der Waals surface area contributed by atoms with Crippen molar-refractivity contribution < 1.29 is 4.39 Å². The fourth-order valence-electron chi connectivity index (χ4n) is 2.16. The Hall–Kier alpha value is -0.930. The van der Waals surface area contributed by atoms with Crippen molar-refractivity contribution in [2.24, 2.45) is 5.73 Å². The maximum atomic E-state index is 13.4. The van der Waals surface area contributed by atoms with Crippen molar-refractivity contribution >= 4 is 0 Å². The molecule has 1 heterocycles. The van der Waals surface area contributed by atoms with Gasteiger partial charge in [-0.25, -0.2) is 4.39 Å². The summed E-state index contributed by atoms with van der Waals surface area (Å²) in [4.78, 5) is 2.36. The fraction of sp³-hybridized carbons (Fsp3) is 0.500. The van der Waals surface area contributed by atoms with E-state index in [1.807, 2.05) is 6.07 Å². The highest BCUT2D eigenvalue weighted by Crippen LogP contribution is 2.17. The van der Waals surface area contributed by atoms with Crippen molar-refractivity contribution in [1.29, 1.82) is 0 Å². The molecule has 1 aromatic rings. The molecule has 2 nitrogen and oxygen atoms in total. The van der Waals surface area contributed by atoms with Gasteiger partial charge in [0.15, 0.2) is 0 Å². The zero-order valence-corrected chi connectivity index (χ0v) is 8.88. The Bertz CT molecular complexity index is 332. The number of rotatable bonds is 3. The van der Waals surface area contributed by atoms with E-state index < -0.39 is 0 Å². The average Bonchev–Trinajstić information content (AvgIpc) is 2.71. The second kappa shape index (κ2) is 4.73. The molecule has 0 spiro atoms. The van der Waals surface area contributed by atoms with E-state index in [1.165, 1.54) is 18.9 Å². The van der Waals surface area contributed by atoms with Crippen molar-refractivity contribution in [2.45, 2.75) is 25.9 Å². The third kappa shape index (κ3) is 2.36. The maximum Gasteiger partial charge on any atom is 0.128 e. The highest BCUT2D eigenvalue weighted by molar-refractivity contribution is 5.28. The predicted molar refractivity (Wildman–Crippen MR) is 58.8 cm³/mol. The number of hydrogen-bond donors (Lipinski definition) is 1. The fourth-order valence-corrected chi connectivity index (χ4v) is 2.16. The molecule has 1 aliphatic rings. The molecular formula is C12H17FN2. The van der Waals surface area contributed by atoms with Gasteiger partial charge in [-0.15, -0.1) is 0 Å². The molecule has 0 unspecified atom stereocenters. The summed E-state index contributed by atoms with van der Waals surface area (Å²) in [6, 6.07) is 5.22. The monoisotopic (exact) mass is 208 g/mol. The summed E-state index contributed by atoms with van der Waals surface area (Å²) in [5.41, 5.74) is 7.28. The molecule has 1 saturated heterocycles. The Morgan fingerprint density at radius 3 is 2.67 bits per heavy atom. The van der Waals surface area contributed by atoms with Crippen LogP contribution in [0.2, 0.25) is 0 Å². The molecule has 0 radical (unpaired) electrons. The maximum absolute atomic E-state index is 13.4. The van der Waals surface area contributed by atoms with Gasteiger partial charge < -0.3 is 5.73 Å². The van der Waals surface area contributed by atoms with E-state index in [0.29, 0.717) is 5.56 Å². The highest BCUT2D eigenvalue weighted by atomic mass is 19.1. The van der Waals surface area contributed by atoms with Crippen molar-refractivity contribution in [3.05, 3.63) is 35.1 Å². The molecule has 0 aliphatic carbocycles. The van der Waals surface area contributed by atoms with E-state index in [9.17, 15) is 4.39 Å². The summed E-state index contributed by atoms with van der Waals surface area (Å²) in [7, 11) is 0. The largest absolute Gasteiger partial charge is 0.326 e. The molecule has 1 aromatic carbocycles. The Kier molecular flexibility index (Phi) is 3.34. The molecule has 0 aromatic heterocycles. The molecule has 1 aliphatic heterocycles. The average molecular weight is 208 g/mol. The van der Waals surface area contributed by atoms with Crippen molar-refractivity contribution in [3.63, 3.8) is 0 Å². The topological polar surface area (TPSA) is 29.3 Å². The van der Waals surface area contributed by atoms with Crippen LogP contribution in [0.4, 0.5) is 4.39 Å². The highest BCUT2D eigenvalue weighted by Gasteiger charge is 2.14. The summed E-state index contributed by atoms with van der Waals surface area (Å²) >= 11 is 0. The molecule has 82 valence electrons. The molecule has 0 atom stereocenters. The molecule has 1 fully saturated rings. The van der Waals surface area contributed by atoms with Crippen LogP contribution < -0.4 is 5.73 Å². The summed E-state index contributed by atoms with van der Waals surface area (Å²) in [5.74, 6) is -0.172. The SMILES string of the molecule is NCc1c(F)cccc1CN1CCCC1. The van der Waals surface area contributed by atoms with Crippen molar-refractivity contribution in [1.82, 2.24) is 4.90 Å². The predicted octanol–water partition coefficient (Wildman–Crippen LogP) is 1.88. The molecule has 3 heteroatoms. The van der Waals surface area contributed by atoms with Gasteiger partial charge in [0, 0.05) is 18.7 Å². The lowest BCUT2D eigenvalue weighted by Crippen LogP contribution is -2.20. The second-order valence-corrected chi connectivity index (χ2v) is 4.06. The molecular weight excluding hydrogens is 191 g/mol. The van der Waals surface area contributed by atoms with E-state index in [0.717, 1.165) is 25.2 Å². The first-order chi connectivity index (χ1) is 7.31. The van der Waals surface area contributed by atoms with Gasteiger partial charge in [0.2, 0.25) is 0 Å². The molecule has 0 saturated carbocycles. The van der Waals surface area contributed by atoms with Crippen molar-refractivity contribution in [2.75, 3.05) is 13.1 Å². The Labute approximate surface area is 89.9 Å². The van der Waals surface area contributed by atoms with E-state index in [2.05, 4.69) is 4.90 Å². The number of nitrogens with two attached hydrogens (primary N) is 1. The first kappa shape index (κ1) is 10.6. The lowest BCUT2D eigenvalue weighted by Gasteiger charge is -2.17. The Morgan fingerprint density at radius 2 is 2.00 bits per heavy atom. The van der Waals surface area contributed by atoms with Gasteiger partial charge >= 0.3 is 0 Å². The van der Waals surface area contributed by atoms with Crippen LogP contribution in [0.5, 0.6) is 0 Å². The van der Waals surface area contributed by atoms with Gasteiger partial charge in [-0.05, 0) is 37.6 Å². The number of likely N-dealkylation sites (tertiary alicyclic amines) is 1. The van der Waals surface area contributed by atoms with E-state index in [1.54, 1.807) is 6.07 Å². The van der Waals surface area contributed by atoms with Crippen LogP contribution in [0, 0.1) is 5.82 Å². The van der Waals surface area contributed by atoms with Crippen LogP contribution in [0.25, 0.3) is 0 Å². The summed E-state index contributed by atoms with van der Waals surface area (Å²) in [5, 5.41) is 0. The quantitative estimate of drug-likeness (QED) is 0.821. The van der Waals surface area contributed by atoms with Gasteiger partial charge in [-0.1, -0.05) is 12.1 Å². The number of halogens is 1. The molecule has 2 rings (SSSR count). The number of nitrogens with zero attached hydrogens (tertiary/aromatic N) is 1. The van der Waals surface area contributed by atoms with E-state index >= 15 is 0 Å². The Morgan fingerprint density at radius 1 is 1.27 bits per heavy atom. The second-order valence-electron chi connectivity index (χ2n) is 4.06. The molecule has 0 bridgehead atoms. The summed E-state index contributed by atoms with van der Waals surface area (Å²) in [6.07, 6.45) is 2.51. The minimum absolute atomic E-state index is 0.172. The third-order valence-corrected chi connectivity index (χ3v) is 3.01. The van der Waals surface area contributed by atoms with Crippen LogP contribution in [0.3, 0.4) is 0 Å². The number of hydrogen-bond acceptors (Lipinski definition) is 2. The lowest BCUT2D eigenvalue weighted by molar-refractivity contribution is 0.329. The van der Waals surface area contributed by atoms with Crippen molar-refractivity contribution in [3.8, 4) is 0 Å². The van der Waals surface area contributed by atoms with Crippen LogP contribution in [-0.2, 0) is 13.1 Å². The van der Waals surface area contributed by atoms with E-state index in [4.69, 9.17) is 5.73 Å². The molecule has 15 heavy (non-hydrogen) atoms. The standard InChI is InChI=1S/C12H17FN2/c13-12-5-3-4-10(11(12)8-14)9-15-6-1-2-7-15/h3-5H,1-2,6-9,14H2. The van der Waals surface area contributed by atoms with Gasteiger partial charge in [-0.2, -0.15) is 0 Å². The summed E-state index contributed by atoms with van der Waals surface area (Å²) < 4.78 is 13.4. The van der Waals surface area contributed by atoms with Crippen LogP contribution >= 0.6 is 0 Å². The smallest absolute Gasteiger partial charge is 0.128 e. The normalized spacial score (nSPS) is 17.2. The summed E-state index contributed by atoms with van der Waals surface area (Å²) in [6.45, 7) is 3.38. The zero-order chi connectivity index (χ0) is 10.7. The number of benzene rings is 1. The molecule has 2 N–H and O–H groups in total. The van der Waals surface area contributed by atoms with Crippen LogP contribution in [-0.4, -0.2) is 18.0 Å².